The third-order valence-corrected chi connectivity index (χ3v) is 12.2. The van der Waals surface area contributed by atoms with E-state index in [0.717, 1.165) is 48.9 Å². The summed E-state index contributed by atoms with van der Waals surface area (Å²) in [6.45, 7) is 12.1. The first kappa shape index (κ1) is 52.1. The molecule has 0 aliphatic carbocycles. The number of H-pyrrole nitrogens is 1. The van der Waals surface area contributed by atoms with E-state index in [9.17, 15) is 41.1 Å². The lowest BCUT2D eigenvalue weighted by Crippen LogP contribution is -2.46. The number of carbonyl (C=O) groups excluding carboxylic acids is 3. The van der Waals surface area contributed by atoms with Gasteiger partial charge in [-0.05, 0) is 50.2 Å². The first-order valence-electron chi connectivity index (χ1n) is 21.9. The molecular formula is C47H52BrF6N11O4. The SMILES string of the molecule is CC(F)(F)c1nc2ccc(CBr)c(F)c2[nH]c1=O.CNC(=O)c1ccc(N2CCN(Cc3ccc4c(c3F)CC(=O)C(C(C)(F)F)=N4)CC2)c(C)n1.CNC(=O)c1ccc(N2CCNCC2)c(C)n1. The van der Waals surface area contributed by atoms with Crippen LogP contribution in [0.1, 0.15) is 68.6 Å². The Morgan fingerprint density at radius 3 is 1.78 bits per heavy atom. The van der Waals surface area contributed by atoms with Crippen LogP contribution in [0.15, 0.2) is 58.3 Å². The van der Waals surface area contributed by atoms with Crippen molar-refractivity contribution in [1.29, 1.82) is 0 Å². The number of aromatic amines is 1. The van der Waals surface area contributed by atoms with Crippen molar-refractivity contribution in [3.05, 3.63) is 116 Å². The number of amides is 2. The second-order valence-electron chi connectivity index (χ2n) is 16.6. The van der Waals surface area contributed by atoms with E-state index in [-0.39, 0.29) is 39.4 Å². The molecule has 5 aromatic rings. The van der Waals surface area contributed by atoms with Gasteiger partial charge in [0.05, 0.1) is 34.0 Å². The van der Waals surface area contributed by atoms with Gasteiger partial charge in [0.25, 0.3) is 29.2 Å². The van der Waals surface area contributed by atoms with Crippen molar-refractivity contribution >= 4 is 67.3 Å². The Morgan fingerprint density at radius 1 is 0.725 bits per heavy atom. The number of carbonyl (C=O) groups is 3. The molecule has 69 heavy (non-hydrogen) atoms. The number of rotatable bonds is 9. The molecule has 15 nitrogen and oxygen atoms in total. The fourth-order valence-corrected chi connectivity index (χ4v) is 8.40. The zero-order valence-electron chi connectivity index (χ0n) is 38.8. The zero-order chi connectivity index (χ0) is 50.4. The van der Waals surface area contributed by atoms with Crippen molar-refractivity contribution in [3.8, 4) is 0 Å². The van der Waals surface area contributed by atoms with Gasteiger partial charge in [0, 0.05) is 115 Å². The number of nitrogens with zero attached hydrogens (tertiary/aromatic N) is 7. The summed E-state index contributed by atoms with van der Waals surface area (Å²) >= 11 is 3.09. The van der Waals surface area contributed by atoms with Gasteiger partial charge in [0.2, 0.25) is 0 Å². The van der Waals surface area contributed by atoms with Crippen LogP contribution in [0.2, 0.25) is 0 Å². The number of aromatic nitrogens is 4. The van der Waals surface area contributed by atoms with E-state index in [1.54, 1.807) is 32.3 Å². The van der Waals surface area contributed by atoms with E-state index in [2.05, 4.69) is 71.5 Å². The molecule has 368 valence electrons. The number of hydrogen-bond donors (Lipinski definition) is 4. The fraction of sp³-hybridized carbons (Fsp3) is 0.404. The summed E-state index contributed by atoms with van der Waals surface area (Å²) in [6.07, 6.45) is -0.413. The van der Waals surface area contributed by atoms with E-state index >= 15 is 4.39 Å². The van der Waals surface area contributed by atoms with Crippen LogP contribution in [0.3, 0.4) is 0 Å². The quantitative estimate of drug-likeness (QED) is 0.0963. The maximum Gasteiger partial charge on any atom is 0.292 e. The van der Waals surface area contributed by atoms with E-state index in [1.807, 2.05) is 26.0 Å². The van der Waals surface area contributed by atoms with Crippen molar-refractivity contribution in [2.45, 2.75) is 57.8 Å². The van der Waals surface area contributed by atoms with Crippen LogP contribution in [0, 0.1) is 25.5 Å². The number of nitrogens with one attached hydrogen (secondary N) is 4. The van der Waals surface area contributed by atoms with Crippen molar-refractivity contribution in [1.82, 2.24) is 40.8 Å². The van der Waals surface area contributed by atoms with Crippen LogP contribution in [-0.4, -0.2) is 121 Å². The summed E-state index contributed by atoms with van der Waals surface area (Å²) in [4.78, 5) is 71.5. The number of piperazine rings is 2. The highest BCUT2D eigenvalue weighted by atomic mass is 79.9. The molecule has 2 fully saturated rings. The third kappa shape index (κ3) is 12.3. The van der Waals surface area contributed by atoms with Gasteiger partial charge < -0.3 is 30.7 Å². The molecule has 6 heterocycles. The minimum absolute atomic E-state index is 0.00618. The van der Waals surface area contributed by atoms with Gasteiger partial charge in [-0.3, -0.25) is 24.1 Å². The largest absolute Gasteiger partial charge is 0.368 e. The molecule has 0 unspecified atom stereocenters. The Bertz CT molecular complexity index is 2820. The molecule has 8 rings (SSSR count). The predicted octanol–water partition coefficient (Wildman–Crippen LogP) is 6.29. The lowest BCUT2D eigenvalue weighted by molar-refractivity contribution is -0.113. The smallest absolute Gasteiger partial charge is 0.292 e. The Hall–Kier alpha value is -6.26. The van der Waals surface area contributed by atoms with Gasteiger partial charge in [-0.15, -0.1) is 0 Å². The summed E-state index contributed by atoms with van der Waals surface area (Å²) in [5.41, 5.74) is 2.49. The number of anilines is 2. The molecule has 2 saturated heterocycles. The molecule has 3 aliphatic rings. The highest BCUT2D eigenvalue weighted by Crippen LogP contribution is 2.33. The molecule has 3 aliphatic heterocycles. The molecule has 0 atom stereocenters. The molecule has 2 amide bonds. The van der Waals surface area contributed by atoms with Crippen molar-refractivity contribution in [2.24, 2.45) is 4.99 Å². The number of aliphatic imine (C=N–C) groups is 1. The van der Waals surface area contributed by atoms with Gasteiger partial charge in [0.1, 0.15) is 22.7 Å². The second kappa shape index (κ2) is 22.0. The number of benzene rings is 2. The predicted molar refractivity (Wildman–Crippen MR) is 255 cm³/mol. The number of fused-ring (bicyclic) bond motifs is 2. The maximum atomic E-state index is 15.1. The van der Waals surface area contributed by atoms with Gasteiger partial charge in [-0.25, -0.2) is 28.7 Å². The lowest BCUT2D eigenvalue weighted by atomic mass is 9.95. The van der Waals surface area contributed by atoms with E-state index in [1.165, 1.54) is 18.2 Å². The molecule has 0 radical (unpaired) electrons. The number of pyridine rings is 2. The molecule has 22 heteroatoms. The number of halogens is 7. The zero-order valence-corrected chi connectivity index (χ0v) is 40.4. The number of alkyl halides is 5. The van der Waals surface area contributed by atoms with Crippen LogP contribution in [0.4, 0.5) is 43.4 Å². The number of Topliss-reactive ketones (excluding diaryl/α,β-unsaturated/α-hetero) is 1. The molecule has 4 N–H and O–H groups in total. The minimum Gasteiger partial charge on any atom is -0.368 e. The number of hydrogen-bond acceptors (Lipinski definition) is 12. The lowest BCUT2D eigenvalue weighted by Gasteiger charge is -2.36. The molecular weight excluding hydrogens is 976 g/mol. The standard InChI is InChI=1S/C24H26F3N5O2.C12H18N4O.C11H8BrF3N2O/c1-14-19(7-6-18(29-14)23(34)28-3)32-10-8-31(9-11-32)13-15-4-5-17-16(21(15)25)12-20(33)22(30-17)24(2,26)27;1-9-11(16-7-5-14-6-8-16)4-3-10(15-9)12(17)13-2;1-11(14,15)9-10(18)17-8-6(16-9)3-2-5(4-12)7(8)13/h4-7H,8-13H2,1-3H3,(H,28,34);3-4,14H,5-8H2,1-2H3,(H,13,17);2-3H,4H2,1H3,(H,17,18). The van der Waals surface area contributed by atoms with E-state index in [4.69, 9.17) is 0 Å². The minimum atomic E-state index is -3.37. The highest BCUT2D eigenvalue weighted by Gasteiger charge is 2.38. The summed E-state index contributed by atoms with van der Waals surface area (Å²) in [7, 11) is 3.17. The Balaban J connectivity index is 0.000000188. The highest BCUT2D eigenvalue weighted by molar-refractivity contribution is 9.08. The van der Waals surface area contributed by atoms with Crippen LogP contribution in [0.5, 0.6) is 0 Å². The topological polar surface area (TPSA) is 181 Å². The van der Waals surface area contributed by atoms with Crippen molar-refractivity contribution in [2.75, 3.05) is 76.3 Å². The summed E-state index contributed by atoms with van der Waals surface area (Å²) in [6, 6.07) is 13.2. The van der Waals surface area contributed by atoms with Crippen molar-refractivity contribution in [3.63, 3.8) is 0 Å². The Morgan fingerprint density at radius 2 is 1.28 bits per heavy atom. The number of aryl methyl sites for hydroxylation is 2. The second-order valence-corrected chi connectivity index (χ2v) is 17.2. The van der Waals surface area contributed by atoms with Crippen molar-refractivity contribution < 1.29 is 40.7 Å². The van der Waals surface area contributed by atoms with E-state index < -0.39 is 52.6 Å². The summed E-state index contributed by atoms with van der Waals surface area (Å²) in [5, 5.41) is 8.71. The molecule has 0 bridgehead atoms. The molecule has 2 aromatic carbocycles. The molecule has 0 spiro atoms. The summed E-state index contributed by atoms with van der Waals surface area (Å²) < 4.78 is 82.4. The van der Waals surface area contributed by atoms with Gasteiger partial charge in [-0.1, -0.05) is 28.1 Å². The van der Waals surface area contributed by atoms with Gasteiger partial charge in [0.15, 0.2) is 23.0 Å². The fourth-order valence-electron chi connectivity index (χ4n) is 7.97. The Kier molecular flexibility index (Phi) is 16.6. The van der Waals surface area contributed by atoms with E-state index in [0.29, 0.717) is 69.1 Å². The Labute approximate surface area is 402 Å². The number of ketones is 1. The normalized spacial score (nSPS) is 15.3. The van der Waals surface area contributed by atoms with Crippen LogP contribution in [0.25, 0.3) is 11.0 Å². The third-order valence-electron chi connectivity index (χ3n) is 11.6. The van der Waals surface area contributed by atoms with Crippen LogP contribution < -0.4 is 31.3 Å². The first-order chi connectivity index (χ1) is 32.6. The van der Waals surface area contributed by atoms with Gasteiger partial charge >= 0.3 is 0 Å². The van der Waals surface area contributed by atoms with Gasteiger partial charge in [-0.2, -0.15) is 17.6 Å². The maximum absolute atomic E-state index is 15.1. The van der Waals surface area contributed by atoms with Crippen LogP contribution in [-0.2, 0) is 29.0 Å². The average Bonchev–Trinajstić information content (AvgIpc) is 3.32. The monoisotopic (exact) mass is 1030 g/mol. The van der Waals surface area contributed by atoms with Crippen LogP contribution >= 0.6 is 15.9 Å². The first-order valence-corrected chi connectivity index (χ1v) is 23.1. The summed E-state index contributed by atoms with van der Waals surface area (Å²) in [5.74, 6) is -9.18. The molecule has 3 aromatic heterocycles. The average molecular weight is 1030 g/mol. The molecule has 0 saturated carbocycles.